The smallest absolute Gasteiger partial charge is 0.335 e. The zero-order valence-corrected chi connectivity index (χ0v) is 15.1. The average Bonchev–Trinajstić information content (AvgIpc) is 2.93. The van der Waals surface area contributed by atoms with Gasteiger partial charge in [0.25, 0.3) is 16.0 Å². The van der Waals surface area contributed by atoms with Gasteiger partial charge in [-0.3, -0.25) is 14.2 Å². The van der Waals surface area contributed by atoms with Crippen LogP contribution in [0.5, 0.6) is 0 Å². The van der Waals surface area contributed by atoms with Crippen molar-refractivity contribution in [2.24, 2.45) is 0 Å². The van der Waals surface area contributed by atoms with Crippen molar-refractivity contribution in [2.75, 3.05) is 4.90 Å². The van der Waals surface area contributed by atoms with Gasteiger partial charge in [0, 0.05) is 5.69 Å². The number of anilines is 1. The summed E-state index contributed by atoms with van der Waals surface area (Å²) in [6.45, 7) is 0. The van der Waals surface area contributed by atoms with Gasteiger partial charge in [-0.2, -0.15) is 8.42 Å². The highest BCUT2D eigenvalue weighted by molar-refractivity contribution is 8.15. The van der Waals surface area contributed by atoms with Crippen molar-refractivity contribution in [1.29, 1.82) is 0 Å². The van der Waals surface area contributed by atoms with Gasteiger partial charge in [-0.15, -0.1) is 0 Å². The second kappa shape index (κ2) is 7.14. The van der Waals surface area contributed by atoms with Crippen LogP contribution in [0, 0.1) is 5.82 Å². The molecule has 1 amide bonds. The van der Waals surface area contributed by atoms with Crippen LogP contribution in [-0.2, 0) is 14.9 Å². The van der Waals surface area contributed by atoms with E-state index in [1.807, 2.05) is 0 Å². The third-order valence-corrected chi connectivity index (χ3v) is 6.38. The fourth-order valence-electron chi connectivity index (χ4n) is 2.43. The monoisotopic (exact) mass is 409 g/mol. The standard InChI is InChI=1S/C17H12FNO6S2/c18-12-5-7-13(8-6-12)19-15(20)14(26-17(19)27(23,24)25)9-10-1-3-11(4-2-10)16(21)22/h1-9,17H,(H,21,22)(H,23,24,25). The van der Waals surface area contributed by atoms with E-state index in [1.54, 1.807) is 0 Å². The van der Waals surface area contributed by atoms with Crippen molar-refractivity contribution in [3.63, 3.8) is 0 Å². The number of thioether (sulfide) groups is 1. The van der Waals surface area contributed by atoms with Crippen molar-refractivity contribution >= 4 is 45.5 Å². The normalized spacial score (nSPS) is 18.9. The van der Waals surface area contributed by atoms with Crippen molar-refractivity contribution < 1.29 is 32.1 Å². The number of aromatic carboxylic acids is 1. The highest BCUT2D eigenvalue weighted by atomic mass is 32.3. The van der Waals surface area contributed by atoms with E-state index in [0.29, 0.717) is 17.3 Å². The van der Waals surface area contributed by atoms with Crippen LogP contribution in [0.2, 0.25) is 0 Å². The molecule has 0 aliphatic carbocycles. The van der Waals surface area contributed by atoms with Crippen LogP contribution < -0.4 is 4.90 Å². The number of carbonyl (C=O) groups excluding carboxylic acids is 1. The number of carboxylic acid groups (broad SMARTS) is 1. The van der Waals surface area contributed by atoms with Crippen molar-refractivity contribution in [2.45, 2.75) is 4.71 Å². The van der Waals surface area contributed by atoms with Crippen LogP contribution in [-0.4, -0.2) is 34.7 Å². The molecule has 1 atom stereocenters. The zero-order chi connectivity index (χ0) is 19.8. The molecule has 7 nitrogen and oxygen atoms in total. The van der Waals surface area contributed by atoms with Crippen LogP contribution in [0.25, 0.3) is 6.08 Å². The Morgan fingerprint density at radius 2 is 1.70 bits per heavy atom. The quantitative estimate of drug-likeness (QED) is 0.590. The van der Waals surface area contributed by atoms with E-state index in [-0.39, 0.29) is 16.2 Å². The summed E-state index contributed by atoms with van der Waals surface area (Å²) in [5.74, 6) is -2.35. The summed E-state index contributed by atoms with van der Waals surface area (Å²) in [7, 11) is -4.63. The predicted molar refractivity (Wildman–Crippen MR) is 98.2 cm³/mol. The number of benzene rings is 2. The second-order valence-corrected chi connectivity index (χ2v) is 8.42. The summed E-state index contributed by atoms with van der Waals surface area (Å²) in [6, 6.07) is 10.2. The van der Waals surface area contributed by atoms with E-state index in [0.717, 1.165) is 17.0 Å². The van der Waals surface area contributed by atoms with E-state index in [9.17, 15) is 27.0 Å². The topological polar surface area (TPSA) is 112 Å². The average molecular weight is 409 g/mol. The lowest BCUT2D eigenvalue weighted by molar-refractivity contribution is -0.114. The van der Waals surface area contributed by atoms with E-state index < -0.39 is 32.5 Å². The molecular formula is C17H12FNO6S2. The fourth-order valence-corrected chi connectivity index (χ4v) is 4.65. The van der Waals surface area contributed by atoms with Gasteiger partial charge < -0.3 is 5.11 Å². The first-order valence-electron chi connectivity index (χ1n) is 7.44. The SMILES string of the molecule is O=C(O)c1ccc(C=C2SC(S(=O)(=O)O)N(c3ccc(F)cc3)C2=O)cc1. The number of nitrogens with zero attached hydrogens (tertiary/aromatic N) is 1. The van der Waals surface area contributed by atoms with E-state index in [2.05, 4.69) is 0 Å². The van der Waals surface area contributed by atoms with Gasteiger partial charge >= 0.3 is 5.97 Å². The summed E-state index contributed by atoms with van der Waals surface area (Å²) in [5.41, 5.74) is 0.651. The highest BCUT2D eigenvalue weighted by Crippen LogP contribution is 2.41. The summed E-state index contributed by atoms with van der Waals surface area (Å²) in [5, 5.41) is 8.91. The van der Waals surface area contributed by atoms with E-state index >= 15 is 0 Å². The molecule has 0 spiro atoms. The van der Waals surface area contributed by atoms with Gasteiger partial charge in [0.05, 0.1) is 10.5 Å². The van der Waals surface area contributed by atoms with Crippen LogP contribution in [0.3, 0.4) is 0 Å². The number of amides is 1. The van der Waals surface area contributed by atoms with E-state index in [4.69, 9.17) is 5.11 Å². The number of carboxylic acids is 1. The molecule has 1 fully saturated rings. The number of halogens is 1. The van der Waals surface area contributed by atoms with Gasteiger partial charge in [0.2, 0.25) is 4.71 Å². The molecule has 1 aliphatic heterocycles. The Hall–Kier alpha value is -2.69. The largest absolute Gasteiger partial charge is 0.478 e. The molecule has 0 bridgehead atoms. The molecule has 2 aromatic rings. The maximum Gasteiger partial charge on any atom is 0.335 e. The first-order valence-corrected chi connectivity index (χ1v) is 9.82. The van der Waals surface area contributed by atoms with Gasteiger partial charge in [0.15, 0.2) is 0 Å². The lowest BCUT2D eigenvalue weighted by atomic mass is 10.1. The number of hydrogen-bond acceptors (Lipinski definition) is 5. The Labute approximate surface area is 157 Å². The molecule has 1 saturated heterocycles. The Morgan fingerprint density at radius 3 is 2.22 bits per heavy atom. The molecule has 140 valence electrons. The minimum absolute atomic E-state index is 0.0324. The molecule has 2 N–H and O–H groups in total. The fraction of sp³-hybridized carbons (Fsp3) is 0.0588. The summed E-state index contributed by atoms with van der Waals surface area (Å²) in [4.78, 5) is 24.5. The maximum absolute atomic E-state index is 13.1. The van der Waals surface area contributed by atoms with Gasteiger partial charge in [-0.25, -0.2) is 9.18 Å². The molecule has 1 heterocycles. The molecular weight excluding hydrogens is 397 g/mol. The Balaban J connectivity index is 1.99. The van der Waals surface area contributed by atoms with E-state index in [1.165, 1.54) is 42.5 Å². The number of carbonyl (C=O) groups is 2. The molecule has 27 heavy (non-hydrogen) atoms. The lowest BCUT2D eigenvalue weighted by Gasteiger charge is -2.20. The van der Waals surface area contributed by atoms with Crippen LogP contribution in [0.1, 0.15) is 15.9 Å². The number of rotatable bonds is 4. The Morgan fingerprint density at radius 1 is 1.11 bits per heavy atom. The Bertz CT molecular complexity index is 1030. The van der Waals surface area contributed by atoms with Crippen LogP contribution >= 0.6 is 11.8 Å². The van der Waals surface area contributed by atoms with Crippen molar-refractivity contribution in [1.82, 2.24) is 0 Å². The molecule has 1 aliphatic rings. The lowest BCUT2D eigenvalue weighted by Crippen LogP contribution is -2.37. The predicted octanol–water partition coefficient (Wildman–Crippen LogP) is 2.82. The highest BCUT2D eigenvalue weighted by Gasteiger charge is 2.44. The molecule has 2 aromatic carbocycles. The van der Waals surface area contributed by atoms with Crippen LogP contribution in [0.4, 0.5) is 10.1 Å². The first-order chi connectivity index (χ1) is 12.7. The minimum atomic E-state index is -4.63. The summed E-state index contributed by atoms with van der Waals surface area (Å²) in [6.07, 6.45) is 1.39. The number of hydrogen-bond donors (Lipinski definition) is 2. The second-order valence-electron chi connectivity index (χ2n) is 5.53. The minimum Gasteiger partial charge on any atom is -0.478 e. The molecule has 1 unspecified atom stereocenters. The Kier molecular flexibility index (Phi) is 5.05. The molecule has 0 saturated carbocycles. The third-order valence-electron chi connectivity index (χ3n) is 3.68. The van der Waals surface area contributed by atoms with Crippen molar-refractivity contribution in [3.05, 3.63) is 70.4 Å². The third kappa shape index (κ3) is 4.02. The first kappa shape index (κ1) is 19.1. The summed E-state index contributed by atoms with van der Waals surface area (Å²) >= 11 is 0.628. The molecule has 0 aromatic heterocycles. The molecule has 3 rings (SSSR count). The zero-order valence-electron chi connectivity index (χ0n) is 13.4. The molecule has 0 radical (unpaired) electrons. The maximum atomic E-state index is 13.1. The van der Waals surface area contributed by atoms with Crippen molar-refractivity contribution in [3.8, 4) is 0 Å². The van der Waals surface area contributed by atoms with Gasteiger partial charge in [-0.05, 0) is 48.0 Å². The van der Waals surface area contributed by atoms with Crippen LogP contribution in [0.15, 0.2) is 53.4 Å². The molecule has 10 heteroatoms. The summed E-state index contributed by atoms with van der Waals surface area (Å²) < 4.78 is 44.5. The van der Waals surface area contributed by atoms with Gasteiger partial charge in [0.1, 0.15) is 5.82 Å². The van der Waals surface area contributed by atoms with Gasteiger partial charge in [-0.1, -0.05) is 23.9 Å².